The molecule has 6 heteroatoms. The van der Waals surface area contributed by atoms with Crippen molar-refractivity contribution >= 4 is 31.6 Å². The normalized spacial score (nSPS) is 11.3. The highest BCUT2D eigenvalue weighted by Gasteiger charge is 2.18. The van der Waals surface area contributed by atoms with Gasteiger partial charge in [-0.2, -0.15) is 0 Å². The Morgan fingerprint density at radius 3 is 1.41 bits per heavy atom. The Hall–Kier alpha value is -6.37. The molecule has 0 aliphatic rings. The molecular formula is C43H27N5S. The van der Waals surface area contributed by atoms with Crippen LogP contribution in [-0.4, -0.2) is 24.9 Å². The van der Waals surface area contributed by atoms with Gasteiger partial charge in [-0.3, -0.25) is 0 Å². The minimum Gasteiger partial charge on any atom is -0.226 e. The number of rotatable bonds is 6. The molecular weight excluding hydrogens is 619 g/mol. The highest BCUT2D eigenvalue weighted by atomic mass is 32.1. The topological polar surface area (TPSA) is 64.5 Å². The van der Waals surface area contributed by atoms with Crippen LogP contribution in [0.15, 0.2) is 164 Å². The van der Waals surface area contributed by atoms with Gasteiger partial charge in [0, 0.05) is 37.9 Å². The van der Waals surface area contributed by atoms with Crippen molar-refractivity contribution in [2.75, 3.05) is 0 Å². The predicted molar refractivity (Wildman–Crippen MR) is 201 cm³/mol. The van der Waals surface area contributed by atoms with E-state index >= 15 is 0 Å². The van der Waals surface area contributed by atoms with Gasteiger partial charge < -0.3 is 0 Å². The van der Waals surface area contributed by atoms with Gasteiger partial charge in [0.25, 0.3) is 0 Å². The lowest BCUT2D eigenvalue weighted by Gasteiger charge is -2.11. The largest absolute Gasteiger partial charge is 0.226 e. The number of nitrogens with zero attached hydrogens (tertiary/aromatic N) is 5. The van der Waals surface area contributed by atoms with Crippen LogP contribution in [0, 0.1) is 0 Å². The van der Waals surface area contributed by atoms with E-state index in [9.17, 15) is 0 Å². The van der Waals surface area contributed by atoms with Gasteiger partial charge in [-0.25, -0.2) is 24.9 Å². The van der Waals surface area contributed by atoms with E-state index in [0.717, 1.165) is 60.2 Å². The second-order valence-electron chi connectivity index (χ2n) is 11.7. The Bertz CT molecular complexity index is 2600. The van der Waals surface area contributed by atoms with Gasteiger partial charge in [0.2, 0.25) is 0 Å². The average Bonchev–Trinajstić information content (AvgIpc) is 3.57. The molecule has 0 fully saturated rings. The highest BCUT2D eigenvalue weighted by molar-refractivity contribution is 7.26. The predicted octanol–water partition coefficient (Wildman–Crippen LogP) is 11.0. The van der Waals surface area contributed by atoms with Gasteiger partial charge in [-0.05, 0) is 29.3 Å². The zero-order valence-electron chi connectivity index (χ0n) is 26.2. The standard InChI is InChI=1S/C43H27N5S/c1-4-14-28(15-5-1)31-20-12-21-32(26-31)42-46-40(30-18-8-3-9-19-30)47-43(48-42)34-23-13-22-33(27-34)41-44-37(29-16-6-2-7-17-29)39-38(45-41)35-24-10-11-25-36(35)49-39/h1-27H. The molecule has 230 valence electrons. The fourth-order valence-corrected chi connectivity index (χ4v) is 7.28. The molecule has 0 radical (unpaired) electrons. The van der Waals surface area contributed by atoms with E-state index in [1.807, 2.05) is 54.6 Å². The van der Waals surface area contributed by atoms with E-state index < -0.39 is 0 Å². The summed E-state index contributed by atoms with van der Waals surface area (Å²) < 4.78 is 2.28. The smallest absolute Gasteiger partial charge is 0.164 e. The molecule has 9 aromatic rings. The SMILES string of the molecule is c1ccc(-c2cccc(-c3nc(-c4ccccc4)nc(-c4cccc(-c5nc(-c6ccccc6)c6sc7ccccc7c6n5)c4)n3)c2)cc1. The molecule has 9 rings (SSSR count). The molecule has 3 aromatic heterocycles. The van der Waals surface area contributed by atoms with Crippen molar-refractivity contribution in [1.82, 2.24) is 24.9 Å². The van der Waals surface area contributed by atoms with Gasteiger partial charge in [-0.1, -0.05) is 146 Å². The number of aromatic nitrogens is 5. The van der Waals surface area contributed by atoms with Crippen LogP contribution < -0.4 is 0 Å². The van der Waals surface area contributed by atoms with Gasteiger partial charge >= 0.3 is 0 Å². The first-order chi connectivity index (χ1) is 24.3. The maximum atomic E-state index is 5.19. The zero-order valence-corrected chi connectivity index (χ0v) is 27.0. The second-order valence-corrected chi connectivity index (χ2v) is 12.8. The van der Waals surface area contributed by atoms with Crippen LogP contribution in [0.4, 0.5) is 0 Å². The quantitative estimate of drug-likeness (QED) is 0.180. The van der Waals surface area contributed by atoms with Crippen LogP contribution in [-0.2, 0) is 0 Å². The molecule has 0 N–H and O–H groups in total. The van der Waals surface area contributed by atoms with Gasteiger partial charge in [0.1, 0.15) is 0 Å². The lowest BCUT2D eigenvalue weighted by molar-refractivity contribution is 1.07. The zero-order chi connectivity index (χ0) is 32.6. The van der Waals surface area contributed by atoms with Crippen molar-refractivity contribution in [1.29, 1.82) is 0 Å². The Kier molecular flexibility index (Phi) is 7.26. The third-order valence-corrected chi connectivity index (χ3v) is 9.71. The molecule has 0 spiro atoms. The maximum Gasteiger partial charge on any atom is 0.164 e. The van der Waals surface area contributed by atoms with Crippen molar-refractivity contribution in [2.45, 2.75) is 0 Å². The van der Waals surface area contributed by atoms with E-state index in [4.69, 9.17) is 24.9 Å². The van der Waals surface area contributed by atoms with E-state index in [1.54, 1.807) is 11.3 Å². The second kappa shape index (κ2) is 12.3. The fraction of sp³-hybridized carbons (Fsp3) is 0. The average molecular weight is 646 g/mol. The van der Waals surface area contributed by atoms with Crippen molar-refractivity contribution in [3.05, 3.63) is 164 Å². The number of benzene rings is 6. The molecule has 0 bridgehead atoms. The Balaban J connectivity index is 1.20. The van der Waals surface area contributed by atoms with Crippen LogP contribution in [0.5, 0.6) is 0 Å². The van der Waals surface area contributed by atoms with E-state index in [1.165, 1.54) is 4.70 Å². The van der Waals surface area contributed by atoms with E-state index in [0.29, 0.717) is 23.3 Å². The first-order valence-electron chi connectivity index (χ1n) is 16.1. The molecule has 6 aromatic carbocycles. The molecule has 0 atom stereocenters. The monoisotopic (exact) mass is 645 g/mol. The summed E-state index contributed by atoms with van der Waals surface area (Å²) in [7, 11) is 0. The summed E-state index contributed by atoms with van der Waals surface area (Å²) in [6.07, 6.45) is 0. The summed E-state index contributed by atoms with van der Waals surface area (Å²) in [5.41, 5.74) is 8.79. The number of thiophene rings is 1. The lowest BCUT2D eigenvalue weighted by Crippen LogP contribution is -2.00. The van der Waals surface area contributed by atoms with Crippen LogP contribution in [0.25, 0.3) is 88.2 Å². The number of hydrogen-bond donors (Lipinski definition) is 0. The minimum atomic E-state index is 0.584. The van der Waals surface area contributed by atoms with Gasteiger partial charge in [0.05, 0.1) is 15.9 Å². The summed E-state index contributed by atoms with van der Waals surface area (Å²) in [5.74, 6) is 2.47. The molecule has 0 unspecified atom stereocenters. The van der Waals surface area contributed by atoms with E-state index in [2.05, 4.69) is 109 Å². The fourth-order valence-electron chi connectivity index (χ4n) is 6.13. The molecule has 5 nitrogen and oxygen atoms in total. The number of hydrogen-bond acceptors (Lipinski definition) is 6. The van der Waals surface area contributed by atoms with Gasteiger partial charge in [-0.15, -0.1) is 11.3 Å². The van der Waals surface area contributed by atoms with Crippen molar-refractivity contribution in [2.24, 2.45) is 0 Å². The highest BCUT2D eigenvalue weighted by Crippen LogP contribution is 2.39. The summed E-state index contributed by atoms with van der Waals surface area (Å²) in [4.78, 5) is 25.4. The van der Waals surface area contributed by atoms with Gasteiger partial charge in [0.15, 0.2) is 23.3 Å². The van der Waals surface area contributed by atoms with Crippen molar-refractivity contribution in [3.63, 3.8) is 0 Å². The lowest BCUT2D eigenvalue weighted by atomic mass is 10.0. The Morgan fingerprint density at radius 1 is 0.327 bits per heavy atom. The first-order valence-corrected chi connectivity index (χ1v) is 16.9. The summed E-state index contributed by atoms with van der Waals surface area (Å²) in [6, 6.07) is 55.7. The van der Waals surface area contributed by atoms with Crippen molar-refractivity contribution in [3.8, 4) is 67.9 Å². The minimum absolute atomic E-state index is 0.584. The third-order valence-electron chi connectivity index (χ3n) is 8.54. The van der Waals surface area contributed by atoms with Crippen LogP contribution >= 0.6 is 11.3 Å². The summed E-state index contributed by atoms with van der Waals surface area (Å²) in [6.45, 7) is 0. The molecule has 0 amide bonds. The molecule has 0 aliphatic carbocycles. The summed E-state index contributed by atoms with van der Waals surface area (Å²) >= 11 is 1.73. The molecule has 3 heterocycles. The first kappa shape index (κ1) is 28.8. The van der Waals surface area contributed by atoms with Crippen LogP contribution in [0.1, 0.15) is 0 Å². The summed E-state index contributed by atoms with van der Waals surface area (Å²) in [5, 5.41) is 1.13. The maximum absolute atomic E-state index is 5.19. The third kappa shape index (κ3) is 5.54. The number of fused-ring (bicyclic) bond motifs is 3. The van der Waals surface area contributed by atoms with Crippen molar-refractivity contribution < 1.29 is 0 Å². The van der Waals surface area contributed by atoms with Crippen LogP contribution in [0.3, 0.4) is 0 Å². The molecule has 0 saturated carbocycles. The van der Waals surface area contributed by atoms with E-state index in [-0.39, 0.29) is 0 Å². The Morgan fingerprint density at radius 2 is 0.776 bits per heavy atom. The van der Waals surface area contributed by atoms with Crippen LogP contribution in [0.2, 0.25) is 0 Å². The molecule has 0 aliphatic heterocycles. The Labute approximate surface area is 287 Å². The molecule has 49 heavy (non-hydrogen) atoms. The molecule has 0 saturated heterocycles.